The summed E-state index contributed by atoms with van der Waals surface area (Å²) in [6, 6.07) is 9.30. The number of rotatable bonds is 5. The molecule has 0 spiro atoms. The lowest BCUT2D eigenvalue weighted by Crippen LogP contribution is -2.07. The Morgan fingerprint density at radius 3 is 2.48 bits per heavy atom. The Hall–Kier alpha value is -2.10. The fraction of sp³-hybridized carbons (Fsp3) is 0.294. The van der Waals surface area contributed by atoms with Crippen LogP contribution in [0.25, 0.3) is 0 Å². The zero-order valence-electron chi connectivity index (χ0n) is 12.4. The summed E-state index contributed by atoms with van der Waals surface area (Å²) < 4.78 is 32.0. The van der Waals surface area contributed by atoms with Crippen molar-refractivity contribution in [2.24, 2.45) is 0 Å². The van der Waals surface area contributed by atoms with Crippen LogP contribution in [0.5, 0.6) is 5.75 Å². The average Bonchev–Trinajstić information content (AvgIpc) is 2.39. The fourth-order valence-electron chi connectivity index (χ4n) is 2.04. The van der Waals surface area contributed by atoms with Gasteiger partial charge in [0.05, 0.1) is 6.10 Å². The summed E-state index contributed by atoms with van der Waals surface area (Å²) in [6.45, 7) is 6.20. The Morgan fingerprint density at radius 2 is 1.86 bits per heavy atom. The Balaban J connectivity index is 2.06. The number of hydrogen-bond donors (Lipinski definition) is 1. The van der Waals surface area contributed by atoms with Gasteiger partial charge in [0.1, 0.15) is 17.4 Å². The minimum atomic E-state index is -0.567. The molecule has 0 heterocycles. The summed E-state index contributed by atoms with van der Waals surface area (Å²) in [5, 5.41) is 3.15. The van der Waals surface area contributed by atoms with Gasteiger partial charge in [-0.1, -0.05) is 6.07 Å². The summed E-state index contributed by atoms with van der Waals surface area (Å²) in [6.07, 6.45) is 0.122. The largest absolute Gasteiger partial charge is 0.491 e. The van der Waals surface area contributed by atoms with Gasteiger partial charge in [0.25, 0.3) is 0 Å². The third-order valence-electron chi connectivity index (χ3n) is 3.05. The average molecular weight is 291 g/mol. The van der Waals surface area contributed by atoms with Crippen LogP contribution in [0.4, 0.5) is 14.5 Å². The minimum absolute atomic E-state index is 0.122. The standard InChI is InChI=1S/C17H19F2NO/c1-11(2)21-15-6-7-17(12(3)8-15)20-10-13-4-5-14(18)9-16(13)19/h4-9,11,20H,10H2,1-3H3. The van der Waals surface area contributed by atoms with Crippen LogP contribution < -0.4 is 10.1 Å². The number of aryl methyl sites for hydroxylation is 1. The van der Waals surface area contributed by atoms with Gasteiger partial charge in [-0.25, -0.2) is 8.78 Å². The predicted octanol–water partition coefficient (Wildman–Crippen LogP) is 4.67. The molecule has 4 heteroatoms. The van der Waals surface area contributed by atoms with Gasteiger partial charge in [0.2, 0.25) is 0 Å². The molecule has 0 atom stereocenters. The second-order valence-corrected chi connectivity index (χ2v) is 5.23. The fourth-order valence-corrected chi connectivity index (χ4v) is 2.04. The van der Waals surface area contributed by atoms with Crippen LogP contribution >= 0.6 is 0 Å². The Morgan fingerprint density at radius 1 is 1.10 bits per heavy atom. The van der Waals surface area contributed by atoms with E-state index >= 15 is 0 Å². The molecule has 0 aromatic heterocycles. The summed E-state index contributed by atoms with van der Waals surface area (Å²) in [5.41, 5.74) is 2.34. The van der Waals surface area contributed by atoms with Crippen molar-refractivity contribution in [2.75, 3.05) is 5.32 Å². The van der Waals surface area contributed by atoms with Gasteiger partial charge in [-0.3, -0.25) is 0 Å². The molecule has 0 aliphatic heterocycles. The molecule has 0 amide bonds. The summed E-state index contributed by atoms with van der Waals surface area (Å²) in [4.78, 5) is 0. The number of benzene rings is 2. The quantitative estimate of drug-likeness (QED) is 0.864. The van der Waals surface area contributed by atoms with E-state index in [4.69, 9.17) is 4.74 Å². The maximum Gasteiger partial charge on any atom is 0.131 e. The second-order valence-electron chi connectivity index (χ2n) is 5.23. The first kappa shape index (κ1) is 15.3. The van der Waals surface area contributed by atoms with E-state index in [1.54, 1.807) is 0 Å². The van der Waals surface area contributed by atoms with Gasteiger partial charge in [-0.05, 0) is 50.6 Å². The molecule has 2 aromatic carbocycles. The molecule has 2 aromatic rings. The molecule has 0 aliphatic carbocycles. The zero-order valence-corrected chi connectivity index (χ0v) is 12.4. The Kier molecular flexibility index (Phi) is 4.78. The lowest BCUT2D eigenvalue weighted by atomic mass is 10.1. The molecule has 0 aliphatic rings. The normalized spacial score (nSPS) is 10.8. The van der Waals surface area contributed by atoms with Crippen LogP contribution in [0, 0.1) is 18.6 Å². The van der Waals surface area contributed by atoms with Crippen molar-refractivity contribution in [1.29, 1.82) is 0 Å². The molecule has 0 fully saturated rings. The molecule has 0 bridgehead atoms. The topological polar surface area (TPSA) is 21.3 Å². The van der Waals surface area contributed by atoms with E-state index in [9.17, 15) is 8.78 Å². The summed E-state index contributed by atoms with van der Waals surface area (Å²) in [5.74, 6) is -0.302. The van der Waals surface area contributed by atoms with Crippen molar-refractivity contribution < 1.29 is 13.5 Å². The van der Waals surface area contributed by atoms with Gasteiger partial charge < -0.3 is 10.1 Å². The molecule has 0 radical (unpaired) electrons. The maximum atomic E-state index is 13.6. The van der Waals surface area contributed by atoms with Gasteiger partial charge in [-0.15, -0.1) is 0 Å². The monoisotopic (exact) mass is 291 g/mol. The van der Waals surface area contributed by atoms with Crippen molar-refractivity contribution in [2.45, 2.75) is 33.4 Å². The lowest BCUT2D eigenvalue weighted by Gasteiger charge is -2.14. The highest BCUT2D eigenvalue weighted by atomic mass is 19.1. The first-order chi connectivity index (χ1) is 9.95. The highest BCUT2D eigenvalue weighted by Crippen LogP contribution is 2.23. The van der Waals surface area contributed by atoms with Crippen LogP contribution in [0.2, 0.25) is 0 Å². The Labute approximate surface area is 123 Å². The van der Waals surface area contributed by atoms with E-state index in [-0.39, 0.29) is 6.10 Å². The molecule has 0 saturated carbocycles. The number of hydrogen-bond acceptors (Lipinski definition) is 2. The smallest absolute Gasteiger partial charge is 0.131 e. The predicted molar refractivity (Wildman–Crippen MR) is 80.6 cm³/mol. The highest BCUT2D eigenvalue weighted by Gasteiger charge is 2.06. The molecule has 21 heavy (non-hydrogen) atoms. The number of anilines is 1. The molecule has 0 unspecified atom stereocenters. The number of ether oxygens (including phenoxy) is 1. The van der Waals surface area contributed by atoms with Gasteiger partial charge in [-0.2, -0.15) is 0 Å². The van der Waals surface area contributed by atoms with E-state index in [1.165, 1.54) is 12.1 Å². The van der Waals surface area contributed by atoms with Crippen molar-refractivity contribution in [1.82, 2.24) is 0 Å². The number of halogens is 2. The van der Waals surface area contributed by atoms with Crippen molar-refractivity contribution >= 4 is 5.69 Å². The molecule has 1 N–H and O–H groups in total. The molecular weight excluding hydrogens is 272 g/mol. The van der Waals surface area contributed by atoms with Crippen LogP contribution in [-0.2, 0) is 6.54 Å². The third-order valence-corrected chi connectivity index (χ3v) is 3.05. The van der Waals surface area contributed by atoms with E-state index in [2.05, 4.69) is 5.32 Å². The highest BCUT2D eigenvalue weighted by molar-refractivity contribution is 5.53. The summed E-state index contributed by atoms with van der Waals surface area (Å²) >= 11 is 0. The Bertz CT molecular complexity index is 626. The molecule has 0 saturated heterocycles. The zero-order chi connectivity index (χ0) is 15.4. The van der Waals surface area contributed by atoms with Crippen LogP contribution in [0.3, 0.4) is 0 Å². The molecule has 2 nitrogen and oxygen atoms in total. The second kappa shape index (κ2) is 6.57. The van der Waals surface area contributed by atoms with Crippen LogP contribution in [-0.4, -0.2) is 6.10 Å². The van der Waals surface area contributed by atoms with Gasteiger partial charge in [0, 0.05) is 23.9 Å². The van der Waals surface area contributed by atoms with Crippen LogP contribution in [0.1, 0.15) is 25.0 Å². The van der Waals surface area contributed by atoms with Crippen LogP contribution in [0.15, 0.2) is 36.4 Å². The van der Waals surface area contributed by atoms with Crippen molar-refractivity contribution in [3.05, 3.63) is 59.2 Å². The first-order valence-electron chi connectivity index (χ1n) is 6.91. The molecule has 2 rings (SSSR count). The third kappa shape index (κ3) is 4.18. The van der Waals surface area contributed by atoms with Crippen molar-refractivity contribution in [3.63, 3.8) is 0 Å². The van der Waals surface area contributed by atoms with Gasteiger partial charge >= 0.3 is 0 Å². The van der Waals surface area contributed by atoms with Gasteiger partial charge in [0.15, 0.2) is 0 Å². The lowest BCUT2D eigenvalue weighted by molar-refractivity contribution is 0.242. The van der Waals surface area contributed by atoms with E-state index in [1.807, 2.05) is 39.0 Å². The van der Waals surface area contributed by atoms with E-state index in [0.717, 1.165) is 23.1 Å². The van der Waals surface area contributed by atoms with Crippen molar-refractivity contribution in [3.8, 4) is 5.75 Å². The van der Waals surface area contributed by atoms with E-state index in [0.29, 0.717) is 12.1 Å². The molecular formula is C17H19F2NO. The first-order valence-corrected chi connectivity index (χ1v) is 6.91. The summed E-state index contributed by atoms with van der Waals surface area (Å²) in [7, 11) is 0. The molecule has 112 valence electrons. The SMILES string of the molecule is Cc1cc(OC(C)C)ccc1NCc1ccc(F)cc1F. The maximum absolute atomic E-state index is 13.6. The minimum Gasteiger partial charge on any atom is -0.491 e. The van der Waals surface area contributed by atoms with E-state index < -0.39 is 11.6 Å². The number of nitrogens with one attached hydrogen (secondary N) is 1.